The summed E-state index contributed by atoms with van der Waals surface area (Å²) in [7, 11) is -4.31. The summed E-state index contributed by atoms with van der Waals surface area (Å²) in [6.07, 6.45) is 1.23. The van der Waals surface area contributed by atoms with Crippen molar-refractivity contribution in [2.24, 2.45) is 0 Å². The summed E-state index contributed by atoms with van der Waals surface area (Å²) in [5, 5.41) is 0. The zero-order valence-electron chi connectivity index (χ0n) is 27.0. The van der Waals surface area contributed by atoms with E-state index in [1.807, 2.05) is 115 Å². The second-order valence-electron chi connectivity index (χ2n) is 11.9. The molecule has 0 saturated carbocycles. The van der Waals surface area contributed by atoms with Crippen molar-refractivity contribution in [2.75, 3.05) is 19.0 Å². The first-order chi connectivity index (χ1) is 21.0. The second kappa shape index (κ2) is 17.2. The molecular weight excluding hydrogens is 616 g/mol. The predicted molar refractivity (Wildman–Crippen MR) is 174 cm³/mol. The van der Waals surface area contributed by atoms with E-state index in [0.29, 0.717) is 17.9 Å². The second-order valence-corrected chi connectivity index (χ2v) is 15.5. The van der Waals surface area contributed by atoms with Gasteiger partial charge in [-0.1, -0.05) is 31.5 Å². The van der Waals surface area contributed by atoms with Gasteiger partial charge in [-0.2, -0.15) is 0 Å². The third kappa shape index (κ3) is 15.8. The first kappa shape index (κ1) is 37.6. The topological polar surface area (TPSA) is 128 Å². The maximum Gasteiger partial charge on any atom is 0.344 e. The molecule has 0 heterocycles. The molecule has 0 bridgehead atoms. The van der Waals surface area contributed by atoms with Gasteiger partial charge in [-0.15, -0.1) is 0 Å². The van der Waals surface area contributed by atoms with E-state index in [9.17, 15) is 22.6 Å². The van der Waals surface area contributed by atoms with Gasteiger partial charge in [0, 0.05) is 5.75 Å². The van der Waals surface area contributed by atoms with E-state index >= 15 is 0 Å². The Morgan fingerprint density at radius 3 is 1.36 bits per heavy atom. The van der Waals surface area contributed by atoms with E-state index in [-0.39, 0.29) is 29.9 Å². The number of carbonyl (C=O) groups is 2. The van der Waals surface area contributed by atoms with Crippen LogP contribution < -0.4 is 9.47 Å². The highest BCUT2D eigenvalue weighted by molar-refractivity contribution is 7.97. The van der Waals surface area contributed by atoms with Gasteiger partial charge >= 0.3 is 11.9 Å². The first-order valence-electron chi connectivity index (χ1n) is 14.6. The highest BCUT2D eigenvalue weighted by Gasteiger charge is 2.29. The normalized spacial score (nSPS) is 11.7. The van der Waals surface area contributed by atoms with Crippen molar-refractivity contribution >= 4 is 33.0 Å². The van der Waals surface area contributed by atoms with E-state index in [1.54, 1.807) is 0 Å². The molecule has 0 aromatic heterocycles. The molecule has 3 aromatic rings. The standard InChI is InChI=1S/C30H35O6S.C4H10O3S/c1-29(2,3)35-27(31)20-33-22-12-16-25(17-13-22)37(24-10-8-7-9-11-24)26-18-14-23(15-19-26)34-21-28(32)36-30(4,5)6;1-2-3-4-8(5,6)7/h7-19H,20-21H2,1-6H3;2-4H2,1H3,(H,5,6,7)/q+1;/p-1. The fraction of sp³-hybridized carbons (Fsp3) is 0.412. The van der Waals surface area contributed by atoms with Gasteiger partial charge < -0.3 is 23.5 Å². The van der Waals surface area contributed by atoms with Crippen LogP contribution in [0.1, 0.15) is 61.3 Å². The Morgan fingerprint density at radius 1 is 0.667 bits per heavy atom. The van der Waals surface area contributed by atoms with Crippen LogP contribution in [0.15, 0.2) is 93.5 Å². The molecular formula is C34H44O9S2. The molecule has 0 N–H and O–H groups in total. The van der Waals surface area contributed by atoms with E-state index in [2.05, 4.69) is 12.1 Å². The molecule has 0 spiro atoms. The quantitative estimate of drug-likeness (QED) is 0.121. The smallest absolute Gasteiger partial charge is 0.344 e. The summed E-state index contributed by atoms with van der Waals surface area (Å²) in [5.41, 5.74) is -1.10. The number of unbranched alkanes of at least 4 members (excludes halogenated alkanes) is 1. The zero-order chi connectivity index (χ0) is 33.7. The van der Waals surface area contributed by atoms with Gasteiger partial charge in [0.25, 0.3) is 0 Å². The molecule has 3 aromatic carbocycles. The third-order valence-electron chi connectivity index (χ3n) is 5.40. The largest absolute Gasteiger partial charge is 0.748 e. The number of hydrogen-bond donors (Lipinski definition) is 0. The molecule has 0 atom stereocenters. The van der Waals surface area contributed by atoms with Crippen LogP contribution in [0.3, 0.4) is 0 Å². The van der Waals surface area contributed by atoms with Crippen LogP contribution in [0.5, 0.6) is 11.5 Å². The molecule has 0 unspecified atom stereocenters. The Bertz CT molecular complexity index is 1370. The lowest BCUT2D eigenvalue weighted by Crippen LogP contribution is -2.27. The van der Waals surface area contributed by atoms with Crippen LogP contribution in [0.25, 0.3) is 0 Å². The van der Waals surface area contributed by atoms with Crippen molar-refractivity contribution in [2.45, 2.75) is 87.2 Å². The lowest BCUT2D eigenvalue weighted by Gasteiger charge is -2.19. The molecule has 0 aliphatic heterocycles. The van der Waals surface area contributed by atoms with Gasteiger partial charge in [0.2, 0.25) is 0 Å². The SMILES string of the molecule is CC(C)(C)OC(=O)COc1ccc([S+](c2ccccc2)c2ccc(OCC(=O)OC(C)(C)C)cc2)cc1.CCCCS(=O)(=O)[O-]. The highest BCUT2D eigenvalue weighted by atomic mass is 32.2. The number of benzene rings is 3. The predicted octanol–water partition coefficient (Wildman–Crippen LogP) is 6.55. The number of hydrogen-bond acceptors (Lipinski definition) is 9. The molecule has 0 fully saturated rings. The molecule has 0 amide bonds. The Hall–Kier alpha value is -3.54. The van der Waals surface area contributed by atoms with Gasteiger partial charge in [-0.3, -0.25) is 0 Å². The Labute approximate surface area is 270 Å². The molecule has 0 aliphatic rings. The van der Waals surface area contributed by atoms with Crippen molar-refractivity contribution in [3.8, 4) is 11.5 Å². The summed E-state index contributed by atoms with van der Waals surface area (Å²) < 4.78 is 51.4. The maximum absolute atomic E-state index is 12.0. The molecule has 11 heteroatoms. The van der Waals surface area contributed by atoms with Crippen LogP contribution in [-0.2, 0) is 40.1 Å². The minimum absolute atomic E-state index is 0.147. The van der Waals surface area contributed by atoms with Gasteiger partial charge in [-0.25, -0.2) is 18.0 Å². The third-order valence-corrected chi connectivity index (χ3v) is 8.42. The maximum atomic E-state index is 12.0. The lowest BCUT2D eigenvalue weighted by atomic mass is 10.2. The van der Waals surface area contributed by atoms with Crippen molar-refractivity contribution < 1.29 is 41.5 Å². The van der Waals surface area contributed by atoms with Crippen LogP contribution in [0, 0.1) is 0 Å². The Morgan fingerprint density at radius 2 is 1.04 bits per heavy atom. The molecule has 0 saturated heterocycles. The lowest BCUT2D eigenvalue weighted by molar-refractivity contribution is -0.158. The van der Waals surface area contributed by atoms with Crippen LogP contribution >= 0.6 is 0 Å². The first-order valence-corrected chi connectivity index (χ1v) is 17.4. The fourth-order valence-corrected chi connectivity index (χ4v) is 6.36. The number of ether oxygens (including phenoxy) is 4. The minimum Gasteiger partial charge on any atom is -0.748 e. The zero-order valence-corrected chi connectivity index (χ0v) is 28.7. The van der Waals surface area contributed by atoms with Crippen molar-refractivity contribution in [3.63, 3.8) is 0 Å². The average Bonchev–Trinajstić information content (AvgIpc) is 2.94. The van der Waals surface area contributed by atoms with Crippen LogP contribution in [-0.4, -0.2) is 55.1 Å². The highest BCUT2D eigenvalue weighted by Crippen LogP contribution is 2.33. The van der Waals surface area contributed by atoms with E-state index in [1.165, 1.54) is 0 Å². The average molecular weight is 661 g/mol. The van der Waals surface area contributed by atoms with Crippen LogP contribution in [0.2, 0.25) is 0 Å². The molecule has 0 aliphatic carbocycles. The molecule has 45 heavy (non-hydrogen) atoms. The Balaban J connectivity index is 0.000000777. The summed E-state index contributed by atoms with van der Waals surface area (Å²) >= 11 is 0. The molecule has 0 radical (unpaired) electrons. The monoisotopic (exact) mass is 660 g/mol. The summed E-state index contributed by atoms with van der Waals surface area (Å²) in [5.74, 6) is 0.155. The number of rotatable bonds is 12. The molecule has 9 nitrogen and oxygen atoms in total. The van der Waals surface area contributed by atoms with Gasteiger partial charge in [0.1, 0.15) is 22.7 Å². The van der Waals surface area contributed by atoms with Crippen molar-refractivity contribution in [1.82, 2.24) is 0 Å². The number of carbonyl (C=O) groups excluding carboxylic acids is 2. The van der Waals surface area contributed by atoms with Crippen molar-refractivity contribution in [1.29, 1.82) is 0 Å². The summed E-state index contributed by atoms with van der Waals surface area (Å²) in [4.78, 5) is 27.3. The minimum atomic E-state index is -3.94. The summed E-state index contributed by atoms with van der Waals surface area (Å²) in [6, 6.07) is 25.7. The van der Waals surface area contributed by atoms with Crippen molar-refractivity contribution in [3.05, 3.63) is 78.9 Å². The van der Waals surface area contributed by atoms with E-state index < -0.39 is 33.3 Å². The van der Waals surface area contributed by atoms with E-state index in [0.717, 1.165) is 21.1 Å². The van der Waals surface area contributed by atoms with Gasteiger partial charge in [0.05, 0.1) is 21.0 Å². The van der Waals surface area contributed by atoms with E-state index in [4.69, 9.17) is 18.9 Å². The fourth-order valence-electron chi connectivity index (χ4n) is 3.66. The summed E-state index contributed by atoms with van der Waals surface area (Å²) in [6.45, 7) is 12.5. The molecule has 3 rings (SSSR count). The Kier molecular flexibility index (Phi) is 14.4. The molecule has 246 valence electrons. The number of esters is 2. The van der Waals surface area contributed by atoms with Gasteiger partial charge in [-0.05, 0) is 109 Å². The van der Waals surface area contributed by atoms with Crippen LogP contribution in [0.4, 0.5) is 0 Å². The van der Waals surface area contributed by atoms with Gasteiger partial charge in [0.15, 0.2) is 27.9 Å².